The Labute approximate surface area is 125 Å². The molecule has 0 aliphatic carbocycles. The van der Waals surface area contributed by atoms with Gasteiger partial charge in [-0.25, -0.2) is 0 Å². The monoisotopic (exact) mass is 293 g/mol. The van der Waals surface area contributed by atoms with Gasteiger partial charge in [-0.1, -0.05) is 6.07 Å². The minimum Gasteiger partial charge on any atom is -0.495 e. The van der Waals surface area contributed by atoms with Crippen molar-refractivity contribution in [2.75, 3.05) is 45.2 Å². The molecule has 3 N–H and O–H groups in total. The van der Waals surface area contributed by atoms with E-state index in [-0.39, 0.29) is 12.0 Å². The fraction of sp³-hybridized carbons (Fsp3) is 0.533. The maximum atomic E-state index is 12.2. The molecule has 1 aromatic rings. The molecule has 0 bridgehead atoms. The van der Waals surface area contributed by atoms with Crippen LogP contribution in [0.2, 0.25) is 0 Å². The smallest absolute Gasteiger partial charge is 0.238 e. The molecule has 1 aliphatic rings. The second-order valence-electron chi connectivity index (χ2n) is 5.22. The van der Waals surface area contributed by atoms with Gasteiger partial charge >= 0.3 is 0 Å². The van der Waals surface area contributed by atoms with Crippen LogP contribution in [0.1, 0.15) is 5.56 Å². The van der Waals surface area contributed by atoms with Crippen molar-refractivity contribution >= 4 is 11.6 Å². The summed E-state index contributed by atoms with van der Waals surface area (Å²) in [5, 5.41) is 2.90. The summed E-state index contributed by atoms with van der Waals surface area (Å²) in [5.74, 6) is 0.604. The Morgan fingerprint density at radius 1 is 1.57 bits per heavy atom. The number of benzene rings is 1. The largest absolute Gasteiger partial charge is 0.495 e. The number of nitrogens with one attached hydrogen (secondary N) is 1. The Hall–Kier alpha value is -1.63. The predicted octanol–water partition coefficient (Wildman–Crippen LogP) is 0.602. The van der Waals surface area contributed by atoms with Crippen molar-refractivity contribution < 1.29 is 14.3 Å². The normalized spacial score (nSPS) is 19.3. The van der Waals surface area contributed by atoms with E-state index in [0.29, 0.717) is 37.7 Å². The number of anilines is 1. The molecule has 1 fully saturated rings. The number of nitrogens with zero attached hydrogens (tertiary/aromatic N) is 1. The summed E-state index contributed by atoms with van der Waals surface area (Å²) in [4.78, 5) is 14.2. The highest BCUT2D eigenvalue weighted by Crippen LogP contribution is 2.25. The molecule has 116 valence electrons. The Morgan fingerprint density at radius 3 is 3.10 bits per heavy atom. The summed E-state index contributed by atoms with van der Waals surface area (Å²) in [7, 11) is 1.59. The van der Waals surface area contributed by atoms with Gasteiger partial charge in [0.25, 0.3) is 0 Å². The van der Waals surface area contributed by atoms with Crippen molar-refractivity contribution in [3.63, 3.8) is 0 Å². The first-order valence-corrected chi connectivity index (χ1v) is 7.11. The van der Waals surface area contributed by atoms with Crippen molar-refractivity contribution in [3.05, 3.63) is 23.8 Å². The van der Waals surface area contributed by atoms with E-state index in [4.69, 9.17) is 15.2 Å². The van der Waals surface area contributed by atoms with E-state index in [2.05, 4.69) is 10.2 Å². The first kappa shape index (κ1) is 15.8. The third-order valence-corrected chi connectivity index (χ3v) is 3.48. The summed E-state index contributed by atoms with van der Waals surface area (Å²) < 4.78 is 10.8. The van der Waals surface area contributed by atoms with E-state index in [1.165, 1.54) is 0 Å². The lowest BCUT2D eigenvalue weighted by molar-refractivity contribution is -0.119. The van der Waals surface area contributed by atoms with Crippen LogP contribution in [0.3, 0.4) is 0 Å². The predicted molar refractivity (Wildman–Crippen MR) is 81.6 cm³/mol. The molecule has 0 saturated carbocycles. The number of hydrogen-bond donors (Lipinski definition) is 2. The molecule has 0 spiro atoms. The second kappa shape index (κ2) is 7.40. The molecule has 6 nitrogen and oxygen atoms in total. The summed E-state index contributed by atoms with van der Waals surface area (Å²) in [6.45, 7) is 4.83. The third kappa shape index (κ3) is 4.42. The van der Waals surface area contributed by atoms with Crippen LogP contribution in [-0.4, -0.2) is 56.8 Å². The molecule has 6 heteroatoms. The molecule has 0 aromatic heterocycles. The van der Waals surface area contributed by atoms with Crippen LogP contribution < -0.4 is 15.8 Å². The summed E-state index contributed by atoms with van der Waals surface area (Å²) >= 11 is 0. The summed E-state index contributed by atoms with van der Waals surface area (Å²) in [6.07, 6.45) is 0.0139. The van der Waals surface area contributed by atoms with E-state index >= 15 is 0 Å². The highest BCUT2D eigenvalue weighted by atomic mass is 16.5. The van der Waals surface area contributed by atoms with Crippen LogP contribution in [0.15, 0.2) is 18.2 Å². The Kier molecular flexibility index (Phi) is 5.55. The van der Waals surface area contributed by atoms with Gasteiger partial charge in [0.1, 0.15) is 5.75 Å². The molecule has 21 heavy (non-hydrogen) atoms. The maximum absolute atomic E-state index is 12.2. The van der Waals surface area contributed by atoms with Gasteiger partial charge in [-0.05, 0) is 24.6 Å². The van der Waals surface area contributed by atoms with Crippen LogP contribution in [0, 0.1) is 6.92 Å². The van der Waals surface area contributed by atoms with Gasteiger partial charge in [0.05, 0.1) is 32.1 Å². The number of carbonyl (C=O) groups is 1. The Balaban J connectivity index is 1.94. The fourth-order valence-corrected chi connectivity index (χ4v) is 2.38. The lowest BCUT2D eigenvalue weighted by atomic mass is 10.2. The number of rotatable bonds is 5. The third-order valence-electron chi connectivity index (χ3n) is 3.48. The topological polar surface area (TPSA) is 76.8 Å². The van der Waals surface area contributed by atoms with E-state index in [1.807, 2.05) is 25.1 Å². The molecular formula is C15H23N3O3. The summed E-state index contributed by atoms with van der Waals surface area (Å²) in [6, 6.07) is 5.70. The molecule has 1 heterocycles. The van der Waals surface area contributed by atoms with Crippen LogP contribution >= 0.6 is 0 Å². The molecule has 1 atom stereocenters. The number of amides is 1. The van der Waals surface area contributed by atoms with Crippen LogP contribution in [0.4, 0.5) is 5.69 Å². The van der Waals surface area contributed by atoms with Gasteiger partial charge in [0.15, 0.2) is 0 Å². The van der Waals surface area contributed by atoms with E-state index in [1.54, 1.807) is 7.11 Å². The lowest BCUT2D eigenvalue weighted by Gasteiger charge is -2.31. The number of nitrogens with two attached hydrogens (primary N) is 1. The molecule has 1 saturated heterocycles. The number of morpholine rings is 1. The molecule has 0 radical (unpaired) electrons. The SMILES string of the molecule is COc1ccc(C)cc1NC(=O)CN1CCOC(CN)C1. The van der Waals surface area contributed by atoms with Crippen molar-refractivity contribution in [1.82, 2.24) is 4.90 Å². The molecular weight excluding hydrogens is 270 g/mol. The molecule has 2 rings (SSSR count). The standard InChI is InChI=1S/C15H23N3O3/c1-11-3-4-14(20-2)13(7-11)17-15(19)10-18-5-6-21-12(8-16)9-18/h3-4,7,12H,5-6,8-10,16H2,1-2H3,(H,17,19). The highest BCUT2D eigenvalue weighted by Gasteiger charge is 2.21. The first-order valence-electron chi connectivity index (χ1n) is 7.11. The average Bonchev–Trinajstić information content (AvgIpc) is 2.47. The van der Waals surface area contributed by atoms with Crippen LogP contribution in [0.25, 0.3) is 0 Å². The van der Waals surface area contributed by atoms with Crippen LogP contribution in [-0.2, 0) is 9.53 Å². The van der Waals surface area contributed by atoms with E-state index < -0.39 is 0 Å². The van der Waals surface area contributed by atoms with Crippen molar-refractivity contribution in [2.24, 2.45) is 5.73 Å². The zero-order chi connectivity index (χ0) is 15.2. The number of hydrogen-bond acceptors (Lipinski definition) is 5. The van der Waals surface area contributed by atoms with Gasteiger partial charge in [-0.3, -0.25) is 9.69 Å². The summed E-state index contributed by atoms with van der Waals surface area (Å²) in [5.41, 5.74) is 7.38. The lowest BCUT2D eigenvalue weighted by Crippen LogP contribution is -2.48. The molecule has 1 unspecified atom stereocenters. The quantitative estimate of drug-likeness (QED) is 0.831. The second-order valence-corrected chi connectivity index (χ2v) is 5.22. The van der Waals surface area contributed by atoms with Gasteiger partial charge in [-0.2, -0.15) is 0 Å². The number of methoxy groups -OCH3 is 1. The van der Waals surface area contributed by atoms with Crippen molar-refractivity contribution in [3.8, 4) is 5.75 Å². The average molecular weight is 293 g/mol. The molecule has 1 aliphatic heterocycles. The minimum atomic E-state index is -0.0587. The fourth-order valence-electron chi connectivity index (χ4n) is 2.38. The van der Waals surface area contributed by atoms with Gasteiger partial charge < -0.3 is 20.5 Å². The zero-order valence-electron chi connectivity index (χ0n) is 12.6. The van der Waals surface area contributed by atoms with Crippen molar-refractivity contribution in [1.29, 1.82) is 0 Å². The molecule has 1 aromatic carbocycles. The number of ether oxygens (including phenoxy) is 2. The Morgan fingerprint density at radius 2 is 2.38 bits per heavy atom. The van der Waals surface area contributed by atoms with E-state index in [9.17, 15) is 4.79 Å². The highest BCUT2D eigenvalue weighted by molar-refractivity contribution is 5.93. The van der Waals surface area contributed by atoms with Gasteiger partial charge in [-0.15, -0.1) is 0 Å². The van der Waals surface area contributed by atoms with Crippen LogP contribution in [0.5, 0.6) is 5.75 Å². The number of aryl methyl sites for hydroxylation is 1. The number of carbonyl (C=O) groups excluding carboxylic acids is 1. The Bertz CT molecular complexity index is 493. The van der Waals surface area contributed by atoms with E-state index in [0.717, 1.165) is 12.1 Å². The molecule has 1 amide bonds. The van der Waals surface area contributed by atoms with Crippen molar-refractivity contribution in [2.45, 2.75) is 13.0 Å². The van der Waals surface area contributed by atoms with Gasteiger partial charge in [0.2, 0.25) is 5.91 Å². The zero-order valence-corrected chi connectivity index (χ0v) is 12.6. The van der Waals surface area contributed by atoms with Gasteiger partial charge in [0, 0.05) is 19.6 Å². The first-order chi connectivity index (χ1) is 10.1. The minimum absolute atomic E-state index is 0.0139. The maximum Gasteiger partial charge on any atom is 0.238 e.